The summed E-state index contributed by atoms with van der Waals surface area (Å²) in [7, 11) is 0. The molecule has 1 aromatic rings. The average Bonchev–Trinajstić information content (AvgIpc) is 2.77. The Morgan fingerprint density at radius 2 is 1.95 bits per heavy atom. The Bertz CT molecular complexity index is 609. The monoisotopic (exact) mass is 283 g/mol. The predicted molar refractivity (Wildman–Crippen MR) is 81.9 cm³/mol. The van der Waals surface area contributed by atoms with Crippen LogP contribution in [0.5, 0.6) is 0 Å². The van der Waals surface area contributed by atoms with E-state index in [0.29, 0.717) is 5.56 Å². The van der Waals surface area contributed by atoms with Crippen LogP contribution in [0.3, 0.4) is 0 Å². The number of carbonyl (C=O) groups is 1. The first kappa shape index (κ1) is 15.0. The zero-order valence-corrected chi connectivity index (χ0v) is 12.0. The first-order chi connectivity index (χ1) is 10.2. The maximum absolute atomic E-state index is 12.3. The number of carbonyl (C=O) groups excluding carboxylic acids is 1. The number of nitrogens with zero attached hydrogens (tertiary/aromatic N) is 2. The number of allylic oxidation sites excluding steroid dienone is 3. The molecule has 0 fully saturated rings. The molecule has 4 heteroatoms. The number of hydrogen-bond acceptors (Lipinski definition) is 3. The molecule has 0 saturated heterocycles. The lowest BCUT2D eigenvalue weighted by molar-refractivity contribution is -0.114. The molecule has 0 atom stereocenters. The molecule has 108 valence electrons. The molecule has 1 N–H and O–H groups in total. The number of diazo groups is 1. The van der Waals surface area contributed by atoms with Gasteiger partial charge in [-0.2, -0.15) is 0 Å². The van der Waals surface area contributed by atoms with Crippen LogP contribution in [0.15, 0.2) is 47.7 Å². The van der Waals surface area contributed by atoms with Gasteiger partial charge in [0.2, 0.25) is 11.2 Å². The van der Waals surface area contributed by atoms with Gasteiger partial charge in [-0.3, -0.25) is 4.79 Å². The topological polar surface area (TPSA) is 65.5 Å². The van der Waals surface area contributed by atoms with Crippen molar-refractivity contribution in [2.75, 3.05) is 0 Å². The maximum Gasteiger partial charge on any atom is 0.469 e. The van der Waals surface area contributed by atoms with Crippen molar-refractivity contribution in [3.8, 4) is 0 Å². The van der Waals surface area contributed by atoms with Crippen LogP contribution in [0.4, 0.5) is 0 Å². The van der Waals surface area contributed by atoms with E-state index >= 15 is 0 Å². The van der Waals surface area contributed by atoms with E-state index in [4.69, 9.17) is 5.39 Å². The van der Waals surface area contributed by atoms with Crippen molar-refractivity contribution in [3.63, 3.8) is 0 Å². The Morgan fingerprint density at radius 1 is 1.19 bits per heavy atom. The Labute approximate surface area is 124 Å². The average molecular weight is 283 g/mol. The van der Waals surface area contributed by atoms with Gasteiger partial charge in [0.15, 0.2) is 4.98 Å². The number of hydrogen-bond donors (Lipinski definition) is 1. The normalized spacial score (nSPS) is 16.2. The van der Waals surface area contributed by atoms with Crippen molar-refractivity contribution < 1.29 is 9.90 Å². The molecule has 0 bridgehead atoms. The summed E-state index contributed by atoms with van der Waals surface area (Å²) in [6.45, 7) is 0. The van der Waals surface area contributed by atoms with Gasteiger partial charge >= 0.3 is 5.70 Å². The van der Waals surface area contributed by atoms with Crippen LogP contribution in [0, 0.1) is 5.39 Å². The molecule has 0 aliphatic heterocycles. The first-order valence-corrected chi connectivity index (χ1v) is 7.27. The minimum absolute atomic E-state index is 0.205. The largest absolute Gasteiger partial charge is 0.501 e. The minimum Gasteiger partial charge on any atom is -0.501 e. The van der Waals surface area contributed by atoms with Crippen LogP contribution in [-0.2, 0) is 4.79 Å². The highest BCUT2D eigenvalue weighted by molar-refractivity contribution is 6.03. The first-order valence-electron chi connectivity index (χ1n) is 7.27. The summed E-state index contributed by atoms with van der Waals surface area (Å²) in [5, 5.41) is 19.2. The summed E-state index contributed by atoms with van der Waals surface area (Å²) >= 11 is 0. The maximum atomic E-state index is 12.3. The molecule has 0 saturated carbocycles. The third kappa shape index (κ3) is 4.03. The van der Waals surface area contributed by atoms with Crippen molar-refractivity contribution in [3.05, 3.63) is 58.2 Å². The lowest BCUT2D eigenvalue weighted by Crippen LogP contribution is -2.04. The fourth-order valence-electron chi connectivity index (χ4n) is 2.50. The number of aliphatic hydroxyl groups excluding tert-OH is 1. The van der Waals surface area contributed by atoms with Crippen LogP contribution in [-0.4, -0.2) is 10.9 Å². The molecular formula is C17H19N2O2+. The predicted octanol–water partition coefficient (Wildman–Crippen LogP) is 4.62. The lowest BCUT2D eigenvalue weighted by atomic mass is 10.0. The summed E-state index contributed by atoms with van der Waals surface area (Å²) in [4.78, 5) is 15.3. The van der Waals surface area contributed by atoms with Crippen molar-refractivity contribution in [1.82, 2.24) is 0 Å². The Hall–Kier alpha value is -2.41. The van der Waals surface area contributed by atoms with E-state index in [0.717, 1.165) is 31.3 Å². The lowest BCUT2D eigenvalue weighted by Gasteiger charge is -2.01. The van der Waals surface area contributed by atoms with Crippen molar-refractivity contribution >= 4 is 11.5 Å². The molecule has 4 nitrogen and oxygen atoms in total. The van der Waals surface area contributed by atoms with Crippen molar-refractivity contribution in [2.45, 2.75) is 38.5 Å². The second kappa shape index (κ2) is 7.39. The van der Waals surface area contributed by atoms with Crippen LogP contribution in [0.25, 0.3) is 10.7 Å². The molecule has 1 aliphatic rings. The molecule has 21 heavy (non-hydrogen) atoms. The van der Waals surface area contributed by atoms with Crippen LogP contribution < -0.4 is 0 Å². The van der Waals surface area contributed by atoms with Gasteiger partial charge in [0, 0.05) is 12.0 Å². The van der Waals surface area contributed by atoms with E-state index in [1.54, 1.807) is 24.3 Å². The van der Waals surface area contributed by atoms with E-state index in [1.165, 1.54) is 6.42 Å². The SMILES string of the molecule is N#[N+]/C(C(=O)CC1=CCCCCC1)=C(/O)c1ccccc1. The van der Waals surface area contributed by atoms with E-state index < -0.39 is 0 Å². The molecule has 0 radical (unpaired) electrons. The summed E-state index contributed by atoms with van der Waals surface area (Å²) in [5.41, 5.74) is 1.26. The van der Waals surface area contributed by atoms with Crippen LogP contribution in [0.2, 0.25) is 0 Å². The van der Waals surface area contributed by atoms with Gasteiger partial charge in [0.05, 0.1) is 0 Å². The molecule has 0 spiro atoms. The molecule has 2 rings (SSSR count). The van der Waals surface area contributed by atoms with Gasteiger partial charge in [0.1, 0.15) is 0 Å². The number of ketones is 1. The second-order valence-electron chi connectivity index (χ2n) is 5.22. The van der Waals surface area contributed by atoms with Gasteiger partial charge in [0.25, 0.3) is 5.78 Å². The van der Waals surface area contributed by atoms with E-state index in [-0.39, 0.29) is 23.7 Å². The van der Waals surface area contributed by atoms with Crippen molar-refractivity contribution in [2.24, 2.45) is 0 Å². The highest BCUT2D eigenvalue weighted by Crippen LogP contribution is 2.24. The smallest absolute Gasteiger partial charge is 0.469 e. The molecule has 1 aliphatic carbocycles. The highest BCUT2D eigenvalue weighted by atomic mass is 16.3. The van der Waals surface area contributed by atoms with E-state index in [2.05, 4.69) is 11.1 Å². The van der Waals surface area contributed by atoms with Crippen LogP contribution in [0.1, 0.15) is 44.1 Å². The second-order valence-corrected chi connectivity index (χ2v) is 5.22. The summed E-state index contributed by atoms with van der Waals surface area (Å²) in [6.07, 6.45) is 7.60. The summed E-state index contributed by atoms with van der Waals surface area (Å²) in [5.74, 6) is -0.635. The molecule has 0 amide bonds. The van der Waals surface area contributed by atoms with Gasteiger partial charge in [-0.25, -0.2) is 0 Å². The van der Waals surface area contributed by atoms with Crippen molar-refractivity contribution in [1.29, 1.82) is 5.39 Å². The third-order valence-electron chi connectivity index (χ3n) is 3.66. The fraction of sp³-hybridized carbons (Fsp3) is 0.353. The number of benzene rings is 1. The molecular weight excluding hydrogens is 264 g/mol. The Kier molecular flexibility index (Phi) is 5.28. The highest BCUT2D eigenvalue weighted by Gasteiger charge is 2.29. The fourth-order valence-corrected chi connectivity index (χ4v) is 2.50. The Balaban J connectivity index is 2.19. The standard InChI is InChI=1S/C17H18N2O2/c18-19-16(17(21)14-10-6-3-7-11-14)15(20)12-13-8-4-1-2-5-9-13/h3,6-8,10-11H,1-2,4-5,9,12H2/p+1. The third-order valence-corrected chi connectivity index (χ3v) is 3.66. The number of rotatable bonds is 4. The van der Waals surface area contributed by atoms with Gasteiger partial charge in [-0.1, -0.05) is 48.4 Å². The Morgan fingerprint density at radius 3 is 2.67 bits per heavy atom. The zero-order valence-electron chi connectivity index (χ0n) is 12.0. The molecule has 0 heterocycles. The zero-order chi connectivity index (χ0) is 15.1. The number of Topliss-reactive ketones (excluding diaryl/α,β-unsaturated/α-hetero) is 1. The van der Waals surface area contributed by atoms with Gasteiger partial charge in [-0.05, 0) is 25.7 Å². The summed E-state index contributed by atoms with van der Waals surface area (Å²) < 4.78 is 0. The van der Waals surface area contributed by atoms with E-state index in [9.17, 15) is 9.90 Å². The number of aliphatic hydroxyl groups is 1. The van der Waals surface area contributed by atoms with Gasteiger partial charge < -0.3 is 5.11 Å². The van der Waals surface area contributed by atoms with E-state index in [1.807, 2.05) is 6.07 Å². The van der Waals surface area contributed by atoms with Crippen LogP contribution >= 0.6 is 0 Å². The summed E-state index contributed by atoms with van der Waals surface area (Å²) in [6, 6.07) is 8.64. The molecule has 0 unspecified atom stereocenters. The molecule has 1 aromatic carbocycles. The van der Waals surface area contributed by atoms with Gasteiger partial charge in [-0.15, -0.1) is 0 Å². The quantitative estimate of drug-likeness (QED) is 0.379. The molecule has 0 aromatic heterocycles. The minimum atomic E-state index is -0.355.